The van der Waals surface area contributed by atoms with Gasteiger partial charge in [0.25, 0.3) is 0 Å². The van der Waals surface area contributed by atoms with Crippen molar-refractivity contribution < 1.29 is 14.6 Å². The summed E-state index contributed by atoms with van der Waals surface area (Å²) in [6.45, 7) is 3.71. The number of aliphatic hydroxyl groups is 1. The Morgan fingerprint density at radius 2 is 2.27 bits per heavy atom. The van der Waals surface area contributed by atoms with Gasteiger partial charge in [-0.05, 0) is 37.6 Å². The van der Waals surface area contributed by atoms with Crippen LogP contribution in [0, 0.1) is 0 Å². The van der Waals surface area contributed by atoms with Gasteiger partial charge in [0.2, 0.25) is 0 Å². The Morgan fingerprint density at radius 1 is 1.53 bits per heavy atom. The minimum Gasteiger partial charge on any atom is -0.485 e. The molecule has 0 radical (unpaired) electrons. The number of aliphatic hydroxyl groups excluding tert-OH is 1. The van der Waals surface area contributed by atoms with E-state index in [1.807, 2.05) is 13.8 Å². The van der Waals surface area contributed by atoms with Gasteiger partial charge in [-0.1, -0.05) is 0 Å². The molecule has 1 aliphatic heterocycles. The molecular formula is C12H14O3. The lowest BCUT2D eigenvalue weighted by atomic mass is 9.90. The molecule has 1 unspecified atom stereocenters. The number of benzene rings is 1. The summed E-state index contributed by atoms with van der Waals surface area (Å²) in [5, 5.41) is 9.83. The van der Waals surface area contributed by atoms with Crippen molar-refractivity contribution >= 4 is 6.29 Å². The van der Waals surface area contributed by atoms with Crippen LogP contribution in [0.15, 0.2) is 18.2 Å². The molecule has 1 atom stereocenters. The van der Waals surface area contributed by atoms with Crippen molar-refractivity contribution in [3.63, 3.8) is 0 Å². The minimum absolute atomic E-state index is 0.532. The van der Waals surface area contributed by atoms with Crippen molar-refractivity contribution in [1.82, 2.24) is 0 Å². The van der Waals surface area contributed by atoms with Crippen LogP contribution in [-0.4, -0.2) is 23.1 Å². The van der Waals surface area contributed by atoms with E-state index in [4.69, 9.17) is 4.74 Å². The van der Waals surface area contributed by atoms with Crippen molar-refractivity contribution in [3.05, 3.63) is 29.3 Å². The van der Waals surface area contributed by atoms with Crippen LogP contribution < -0.4 is 4.74 Å². The van der Waals surface area contributed by atoms with Crippen molar-refractivity contribution in [3.8, 4) is 5.75 Å². The van der Waals surface area contributed by atoms with Gasteiger partial charge in [-0.15, -0.1) is 0 Å². The molecule has 3 nitrogen and oxygen atoms in total. The number of fused-ring (bicyclic) bond motifs is 1. The van der Waals surface area contributed by atoms with Gasteiger partial charge in [-0.2, -0.15) is 0 Å². The third-order valence-electron chi connectivity index (χ3n) is 2.81. The van der Waals surface area contributed by atoms with Crippen LogP contribution >= 0.6 is 0 Å². The molecule has 1 heterocycles. The summed E-state index contributed by atoms with van der Waals surface area (Å²) >= 11 is 0. The average Bonchev–Trinajstić information content (AvgIpc) is 2.19. The van der Waals surface area contributed by atoms with E-state index in [-0.39, 0.29) is 0 Å². The zero-order valence-corrected chi connectivity index (χ0v) is 8.86. The highest BCUT2D eigenvalue weighted by Gasteiger charge is 2.35. The van der Waals surface area contributed by atoms with E-state index < -0.39 is 11.7 Å². The van der Waals surface area contributed by atoms with Gasteiger partial charge in [-0.25, -0.2) is 0 Å². The van der Waals surface area contributed by atoms with Gasteiger partial charge >= 0.3 is 0 Å². The Balaban J connectivity index is 2.41. The van der Waals surface area contributed by atoms with Gasteiger partial charge in [-0.3, -0.25) is 4.79 Å². The molecule has 0 aromatic heterocycles. The van der Waals surface area contributed by atoms with Crippen molar-refractivity contribution in [1.29, 1.82) is 0 Å². The van der Waals surface area contributed by atoms with E-state index in [1.165, 1.54) is 0 Å². The molecule has 0 bridgehead atoms. The lowest BCUT2D eigenvalue weighted by molar-refractivity contribution is -0.0411. The Labute approximate surface area is 88.7 Å². The summed E-state index contributed by atoms with van der Waals surface area (Å²) < 4.78 is 5.67. The highest BCUT2D eigenvalue weighted by atomic mass is 16.5. The summed E-state index contributed by atoms with van der Waals surface area (Å²) in [5.41, 5.74) is 0.950. The molecule has 0 aliphatic carbocycles. The van der Waals surface area contributed by atoms with E-state index in [1.54, 1.807) is 18.2 Å². The first-order chi connectivity index (χ1) is 7.03. The van der Waals surface area contributed by atoms with Crippen LogP contribution in [0.5, 0.6) is 5.75 Å². The predicted molar refractivity (Wildman–Crippen MR) is 56.2 cm³/mol. The molecule has 0 fully saturated rings. The number of rotatable bonds is 1. The molecule has 15 heavy (non-hydrogen) atoms. The van der Waals surface area contributed by atoms with Crippen molar-refractivity contribution in [2.24, 2.45) is 0 Å². The van der Waals surface area contributed by atoms with Crippen molar-refractivity contribution in [2.75, 3.05) is 0 Å². The van der Waals surface area contributed by atoms with Crippen LogP contribution in [-0.2, 0) is 6.42 Å². The number of carbonyl (C=O) groups is 1. The molecule has 1 aliphatic rings. The highest BCUT2D eigenvalue weighted by molar-refractivity contribution is 5.75. The van der Waals surface area contributed by atoms with Crippen molar-refractivity contribution in [2.45, 2.75) is 32.0 Å². The van der Waals surface area contributed by atoms with E-state index in [2.05, 4.69) is 0 Å². The smallest absolute Gasteiger partial charge is 0.150 e. The molecule has 1 aromatic carbocycles. The lowest BCUT2D eigenvalue weighted by Crippen LogP contribution is -2.46. The predicted octanol–water partition coefficient (Wildman–Crippen LogP) is 1.57. The van der Waals surface area contributed by atoms with Gasteiger partial charge < -0.3 is 9.84 Å². The van der Waals surface area contributed by atoms with Gasteiger partial charge in [0, 0.05) is 12.0 Å². The molecule has 1 N–H and O–H groups in total. The molecule has 3 heteroatoms. The zero-order chi connectivity index (χ0) is 11.1. The second-order valence-corrected chi connectivity index (χ2v) is 4.41. The monoisotopic (exact) mass is 206 g/mol. The summed E-state index contributed by atoms with van der Waals surface area (Å²) in [5.74, 6) is 0.760. The number of carbonyl (C=O) groups excluding carboxylic acids is 1. The van der Waals surface area contributed by atoms with Crippen LogP contribution in [0.4, 0.5) is 0 Å². The van der Waals surface area contributed by atoms with E-state index in [0.29, 0.717) is 12.0 Å². The second-order valence-electron chi connectivity index (χ2n) is 4.41. The number of hydrogen-bond acceptors (Lipinski definition) is 3. The summed E-state index contributed by atoms with van der Waals surface area (Å²) in [6.07, 6.45) is 0.795. The first kappa shape index (κ1) is 10.2. The second kappa shape index (κ2) is 3.35. The summed E-state index contributed by atoms with van der Waals surface area (Å²) in [4.78, 5) is 10.6. The van der Waals surface area contributed by atoms with E-state index in [9.17, 15) is 9.90 Å². The Hall–Kier alpha value is -1.35. The van der Waals surface area contributed by atoms with Gasteiger partial charge in [0.1, 0.15) is 17.6 Å². The Kier molecular flexibility index (Phi) is 2.27. The fourth-order valence-corrected chi connectivity index (χ4v) is 1.74. The molecule has 0 amide bonds. The normalized spacial score (nSPS) is 22.7. The molecular weight excluding hydrogens is 192 g/mol. The Morgan fingerprint density at radius 3 is 2.93 bits per heavy atom. The molecule has 0 saturated carbocycles. The largest absolute Gasteiger partial charge is 0.485 e. The summed E-state index contributed by atoms with van der Waals surface area (Å²) in [7, 11) is 0. The van der Waals surface area contributed by atoms with Gasteiger partial charge in [0.05, 0.1) is 6.10 Å². The average molecular weight is 206 g/mol. The van der Waals surface area contributed by atoms with Crippen LogP contribution in [0.2, 0.25) is 0 Å². The first-order valence-corrected chi connectivity index (χ1v) is 4.98. The number of aldehydes is 1. The maximum atomic E-state index is 10.6. The molecule has 0 spiro atoms. The van der Waals surface area contributed by atoms with Gasteiger partial charge in [0.15, 0.2) is 0 Å². The quantitative estimate of drug-likeness (QED) is 0.709. The third kappa shape index (κ3) is 1.75. The highest BCUT2D eigenvalue weighted by Crippen LogP contribution is 2.33. The van der Waals surface area contributed by atoms with E-state index in [0.717, 1.165) is 17.6 Å². The molecule has 1 aromatic rings. The fourth-order valence-electron chi connectivity index (χ4n) is 1.74. The van der Waals surface area contributed by atoms with Crippen LogP contribution in [0.25, 0.3) is 0 Å². The summed E-state index contributed by atoms with van der Waals surface area (Å²) in [6, 6.07) is 5.27. The first-order valence-electron chi connectivity index (χ1n) is 4.98. The SMILES string of the molecule is CC1(C)Oc2ccc(C=O)cc2CC1O. The topological polar surface area (TPSA) is 46.5 Å². The molecule has 2 rings (SSSR count). The lowest BCUT2D eigenvalue weighted by Gasteiger charge is -2.37. The van der Waals surface area contributed by atoms with Crippen LogP contribution in [0.1, 0.15) is 29.8 Å². The molecule has 80 valence electrons. The number of hydrogen-bond donors (Lipinski definition) is 1. The number of ether oxygens (including phenoxy) is 1. The fraction of sp³-hybridized carbons (Fsp3) is 0.417. The maximum Gasteiger partial charge on any atom is 0.150 e. The van der Waals surface area contributed by atoms with E-state index >= 15 is 0 Å². The minimum atomic E-state index is -0.560. The maximum absolute atomic E-state index is 10.6. The Bertz CT molecular complexity index is 396. The van der Waals surface area contributed by atoms with Crippen LogP contribution in [0.3, 0.4) is 0 Å². The third-order valence-corrected chi connectivity index (χ3v) is 2.81. The molecule has 0 saturated heterocycles. The zero-order valence-electron chi connectivity index (χ0n) is 8.86. The standard InChI is InChI=1S/C12H14O3/c1-12(2)11(14)6-9-5-8(7-13)3-4-10(9)15-12/h3-5,7,11,14H,6H2,1-2H3.